The molecule has 2 N–H and O–H groups in total. The Morgan fingerprint density at radius 3 is 2.19 bits per heavy atom. The van der Waals surface area contributed by atoms with Gasteiger partial charge in [0.2, 0.25) is 0 Å². The van der Waals surface area contributed by atoms with E-state index >= 15 is 0 Å². The summed E-state index contributed by atoms with van der Waals surface area (Å²) >= 11 is 0. The van der Waals surface area contributed by atoms with Crippen LogP contribution in [0, 0.1) is 0 Å². The average molecular weight is 278 g/mol. The van der Waals surface area contributed by atoms with E-state index in [1.54, 1.807) is 0 Å². The summed E-state index contributed by atoms with van der Waals surface area (Å²) in [6, 6.07) is 23.4. The maximum absolute atomic E-state index is 10.3. The molecule has 0 aliphatic carbocycles. The van der Waals surface area contributed by atoms with E-state index in [1.165, 1.54) is 0 Å². The van der Waals surface area contributed by atoms with Crippen LogP contribution in [0.5, 0.6) is 0 Å². The van der Waals surface area contributed by atoms with Gasteiger partial charge in [0, 0.05) is 6.42 Å². The summed E-state index contributed by atoms with van der Waals surface area (Å²) in [5.74, 6) is 0. The van der Waals surface area contributed by atoms with Crippen LogP contribution in [0.15, 0.2) is 72.8 Å². The first-order chi connectivity index (χ1) is 10.3. The number of benzene rings is 3. The maximum atomic E-state index is 10.3. The monoisotopic (exact) mass is 278 g/mol. The van der Waals surface area contributed by atoms with Gasteiger partial charge in [-0.1, -0.05) is 72.8 Å². The molecule has 0 aliphatic rings. The molecule has 21 heavy (non-hydrogen) atoms. The van der Waals surface area contributed by atoms with Gasteiger partial charge >= 0.3 is 0 Å². The number of rotatable bonds is 4. The topological polar surface area (TPSA) is 40.5 Å². The Morgan fingerprint density at radius 1 is 0.714 bits per heavy atom. The van der Waals surface area contributed by atoms with Crippen molar-refractivity contribution in [3.8, 4) is 0 Å². The highest BCUT2D eigenvalue weighted by atomic mass is 16.3. The van der Waals surface area contributed by atoms with E-state index in [1.807, 2.05) is 60.7 Å². The Labute approximate surface area is 124 Å². The van der Waals surface area contributed by atoms with E-state index in [2.05, 4.69) is 12.1 Å². The van der Waals surface area contributed by atoms with E-state index < -0.39 is 12.2 Å². The Balaban J connectivity index is 1.85. The number of fused-ring (bicyclic) bond motifs is 1. The summed E-state index contributed by atoms with van der Waals surface area (Å²) in [6.07, 6.45) is -1.26. The van der Waals surface area contributed by atoms with Gasteiger partial charge in [-0.15, -0.1) is 0 Å². The SMILES string of the molecule is OC(Cc1cccc2ccccc12)C(O)c1ccccc1. The minimum absolute atomic E-state index is 0.428. The van der Waals surface area contributed by atoms with Crippen molar-refractivity contribution >= 4 is 10.8 Å². The molecule has 0 aliphatic heterocycles. The summed E-state index contributed by atoms with van der Waals surface area (Å²) in [5, 5.41) is 22.9. The third-order valence-corrected chi connectivity index (χ3v) is 3.81. The lowest BCUT2D eigenvalue weighted by atomic mass is 9.95. The van der Waals surface area contributed by atoms with Gasteiger partial charge < -0.3 is 10.2 Å². The largest absolute Gasteiger partial charge is 0.390 e. The quantitative estimate of drug-likeness (QED) is 0.767. The van der Waals surface area contributed by atoms with Gasteiger partial charge in [0.15, 0.2) is 0 Å². The second-order valence-corrected chi connectivity index (χ2v) is 5.27. The fourth-order valence-electron chi connectivity index (χ4n) is 2.68. The van der Waals surface area contributed by atoms with E-state index in [0.29, 0.717) is 6.42 Å². The molecule has 0 saturated heterocycles. The number of hydrogen-bond donors (Lipinski definition) is 2. The van der Waals surface area contributed by atoms with Crippen LogP contribution in [0.25, 0.3) is 10.8 Å². The molecule has 0 spiro atoms. The maximum Gasteiger partial charge on any atom is 0.105 e. The molecule has 0 bridgehead atoms. The van der Waals surface area contributed by atoms with Crippen LogP contribution in [-0.2, 0) is 6.42 Å². The molecular weight excluding hydrogens is 260 g/mol. The van der Waals surface area contributed by atoms with Crippen LogP contribution >= 0.6 is 0 Å². The highest BCUT2D eigenvalue weighted by molar-refractivity contribution is 5.85. The molecule has 0 amide bonds. The van der Waals surface area contributed by atoms with Crippen molar-refractivity contribution in [3.63, 3.8) is 0 Å². The van der Waals surface area contributed by atoms with Crippen LogP contribution in [-0.4, -0.2) is 16.3 Å². The van der Waals surface area contributed by atoms with Crippen molar-refractivity contribution in [3.05, 3.63) is 83.9 Å². The smallest absolute Gasteiger partial charge is 0.105 e. The Morgan fingerprint density at radius 2 is 1.38 bits per heavy atom. The zero-order valence-corrected chi connectivity index (χ0v) is 11.7. The second-order valence-electron chi connectivity index (χ2n) is 5.27. The first-order valence-electron chi connectivity index (χ1n) is 7.13. The molecule has 2 atom stereocenters. The van der Waals surface area contributed by atoms with Crippen molar-refractivity contribution < 1.29 is 10.2 Å². The van der Waals surface area contributed by atoms with Crippen LogP contribution < -0.4 is 0 Å². The van der Waals surface area contributed by atoms with Gasteiger partial charge in [-0.05, 0) is 21.9 Å². The van der Waals surface area contributed by atoms with Crippen molar-refractivity contribution in [1.29, 1.82) is 0 Å². The number of aliphatic hydroxyl groups is 2. The molecule has 106 valence electrons. The Hall–Kier alpha value is -2.16. The molecule has 0 heterocycles. The zero-order valence-electron chi connectivity index (χ0n) is 11.7. The Kier molecular flexibility index (Phi) is 4.00. The lowest BCUT2D eigenvalue weighted by molar-refractivity contribution is 0.0191. The highest BCUT2D eigenvalue weighted by Gasteiger charge is 2.19. The third-order valence-electron chi connectivity index (χ3n) is 3.81. The molecule has 2 nitrogen and oxygen atoms in total. The lowest BCUT2D eigenvalue weighted by Crippen LogP contribution is -2.20. The normalized spacial score (nSPS) is 14.0. The second kappa shape index (κ2) is 6.08. The minimum Gasteiger partial charge on any atom is -0.390 e. The molecular formula is C19H18O2. The van der Waals surface area contributed by atoms with Gasteiger partial charge in [0.1, 0.15) is 6.10 Å². The van der Waals surface area contributed by atoms with Crippen molar-refractivity contribution in [2.24, 2.45) is 0 Å². The lowest BCUT2D eigenvalue weighted by Gasteiger charge is -2.19. The van der Waals surface area contributed by atoms with Gasteiger partial charge in [-0.2, -0.15) is 0 Å². The molecule has 0 radical (unpaired) electrons. The zero-order chi connectivity index (χ0) is 14.7. The van der Waals surface area contributed by atoms with Crippen LogP contribution in [0.4, 0.5) is 0 Å². The minimum atomic E-state index is -0.870. The summed E-state index contributed by atoms with van der Waals surface area (Å²) in [7, 11) is 0. The van der Waals surface area contributed by atoms with E-state index in [9.17, 15) is 10.2 Å². The van der Waals surface area contributed by atoms with E-state index in [0.717, 1.165) is 21.9 Å². The summed E-state index contributed by atoms with van der Waals surface area (Å²) in [5.41, 5.74) is 1.79. The predicted octanol–water partition coefficient (Wildman–Crippen LogP) is 3.48. The molecule has 0 saturated carbocycles. The fraction of sp³-hybridized carbons (Fsp3) is 0.158. The van der Waals surface area contributed by atoms with Gasteiger partial charge in [0.05, 0.1) is 6.10 Å². The fourth-order valence-corrected chi connectivity index (χ4v) is 2.68. The first kappa shape index (κ1) is 13.8. The molecule has 2 unspecified atom stereocenters. The average Bonchev–Trinajstić information content (AvgIpc) is 2.55. The van der Waals surface area contributed by atoms with Crippen molar-refractivity contribution in [2.75, 3.05) is 0 Å². The predicted molar refractivity (Wildman–Crippen MR) is 85.1 cm³/mol. The molecule has 3 aromatic rings. The van der Waals surface area contributed by atoms with Crippen LogP contribution in [0.1, 0.15) is 17.2 Å². The van der Waals surface area contributed by atoms with Crippen molar-refractivity contribution in [1.82, 2.24) is 0 Å². The molecule has 2 heteroatoms. The van der Waals surface area contributed by atoms with Crippen LogP contribution in [0.2, 0.25) is 0 Å². The van der Waals surface area contributed by atoms with E-state index in [4.69, 9.17) is 0 Å². The van der Waals surface area contributed by atoms with Crippen LogP contribution in [0.3, 0.4) is 0 Å². The molecule has 3 aromatic carbocycles. The first-order valence-corrected chi connectivity index (χ1v) is 7.13. The number of hydrogen-bond acceptors (Lipinski definition) is 2. The summed E-state index contributed by atoms with van der Waals surface area (Å²) in [6.45, 7) is 0. The standard InChI is InChI=1S/C19H18O2/c20-18(19(21)15-8-2-1-3-9-15)13-16-11-6-10-14-7-4-5-12-17(14)16/h1-12,18-21H,13H2. The van der Waals surface area contributed by atoms with Gasteiger partial charge in [-0.25, -0.2) is 0 Å². The number of aliphatic hydroxyl groups excluding tert-OH is 2. The molecule has 3 rings (SSSR count). The van der Waals surface area contributed by atoms with E-state index in [-0.39, 0.29) is 0 Å². The third kappa shape index (κ3) is 2.97. The van der Waals surface area contributed by atoms with Gasteiger partial charge in [0.25, 0.3) is 0 Å². The van der Waals surface area contributed by atoms with Gasteiger partial charge in [-0.3, -0.25) is 0 Å². The molecule has 0 aromatic heterocycles. The summed E-state index contributed by atoms with van der Waals surface area (Å²) in [4.78, 5) is 0. The van der Waals surface area contributed by atoms with Crippen molar-refractivity contribution in [2.45, 2.75) is 18.6 Å². The highest BCUT2D eigenvalue weighted by Crippen LogP contribution is 2.24. The molecule has 0 fully saturated rings. The summed E-state index contributed by atoms with van der Waals surface area (Å²) < 4.78 is 0. The Bertz CT molecular complexity index is 716.